The van der Waals surface area contributed by atoms with Crippen molar-refractivity contribution in [3.05, 3.63) is 83.4 Å². The van der Waals surface area contributed by atoms with Crippen molar-refractivity contribution in [2.75, 3.05) is 28.7 Å². The van der Waals surface area contributed by atoms with Crippen molar-refractivity contribution in [3.8, 4) is 5.75 Å². The Labute approximate surface area is 197 Å². The number of nitrogens with zero attached hydrogens (tertiary/aromatic N) is 1. The van der Waals surface area contributed by atoms with Crippen LogP contribution in [0, 0.1) is 0 Å². The highest BCUT2D eigenvalue weighted by atomic mass is 35.5. The van der Waals surface area contributed by atoms with E-state index < -0.39 is 10.0 Å². The van der Waals surface area contributed by atoms with Gasteiger partial charge in [-0.05, 0) is 66.4 Å². The van der Waals surface area contributed by atoms with Crippen molar-refractivity contribution in [1.82, 2.24) is 0 Å². The summed E-state index contributed by atoms with van der Waals surface area (Å²) in [4.78, 5) is 13.2. The molecule has 0 fully saturated rings. The lowest BCUT2D eigenvalue weighted by Gasteiger charge is -2.23. The topological polar surface area (TPSA) is 75.7 Å². The molecule has 0 aliphatic carbocycles. The van der Waals surface area contributed by atoms with Gasteiger partial charge >= 0.3 is 0 Å². The number of benzene rings is 3. The number of amides is 1. The molecule has 3 rings (SSSR count). The van der Waals surface area contributed by atoms with Gasteiger partial charge in [-0.2, -0.15) is 0 Å². The number of thioether (sulfide) groups is 1. The minimum Gasteiger partial charge on any atom is -0.484 e. The molecule has 0 atom stereocenters. The number of hydrogen-bond donors (Lipinski definition) is 1. The van der Waals surface area contributed by atoms with Crippen LogP contribution in [-0.4, -0.2) is 33.4 Å². The van der Waals surface area contributed by atoms with Gasteiger partial charge in [0.15, 0.2) is 6.61 Å². The maximum Gasteiger partial charge on any atom is 0.262 e. The predicted molar refractivity (Wildman–Crippen MR) is 131 cm³/mol. The Balaban J connectivity index is 1.63. The Morgan fingerprint density at radius 2 is 1.75 bits per heavy atom. The van der Waals surface area contributed by atoms with Crippen LogP contribution in [0.1, 0.15) is 5.56 Å². The maximum atomic E-state index is 12.3. The second-order valence-electron chi connectivity index (χ2n) is 6.96. The fraction of sp³-hybridized carbons (Fsp3) is 0.174. The quantitative estimate of drug-likeness (QED) is 0.425. The van der Waals surface area contributed by atoms with Gasteiger partial charge in [0.25, 0.3) is 5.91 Å². The molecular weight excluding hydrogens is 468 g/mol. The number of hydrogen-bond acceptors (Lipinski definition) is 5. The highest BCUT2D eigenvalue weighted by Gasteiger charge is 2.18. The van der Waals surface area contributed by atoms with E-state index in [4.69, 9.17) is 16.3 Å². The van der Waals surface area contributed by atoms with Gasteiger partial charge in [0.05, 0.1) is 18.5 Å². The number of carbonyl (C=O) groups excluding carboxylic acids is 1. The molecule has 3 aromatic rings. The average molecular weight is 491 g/mol. The Morgan fingerprint density at radius 3 is 2.38 bits per heavy atom. The normalized spacial score (nSPS) is 11.1. The number of rotatable bonds is 9. The van der Waals surface area contributed by atoms with E-state index in [1.807, 2.05) is 30.5 Å². The Bertz CT molecular complexity index is 1170. The molecule has 0 spiro atoms. The summed E-state index contributed by atoms with van der Waals surface area (Å²) >= 11 is 7.50. The third-order valence-corrected chi connectivity index (χ3v) is 6.61. The molecule has 0 saturated carbocycles. The molecule has 9 heteroatoms. The first-order valence-electron chi connectivity index (χ1n) is 9.63. The number of nitrogens with one attached hydrogen (secondary N) is 1. The van der Waals surface area contributed by atoms with Gasteiger partial charge in [-0.3, -0.25) is 9.10 Å². The lowest BCUT2D eigenvalue weighted by Crippen LogP contribution is -2.29. The smallest absolute Gasteiger partial charge is 0.262 e. The van der Waals surface area contributed by atoms with Crippen molar-refractivity contribution >= 4 is 50.7 Å². The maximum absolute atomic E-state index is 12.3. The molecular formula is C23H23ClN2O4S2. The fourth-order valence-corrected chi connectivity index (χ4v) is 4.38. The third-order valence-electron chi connectivity index (χ3n) is 4.49. The highest BCUT2D eigenvalue weighted by molar-refractivity contribution is 7.98. The van der Waals surface area contributed by atoms with E-state index in [2.05, 4.69) is 5.32 Å². The molecule has 0 aromatic heterocycles. The first-order chi connectivity index (χ1) is 15.2. The second kappa shape index (κ2) is 10.8. The zero-order chi connectivity index (χ0) is 23.1. The van der Waals surface area contributed by atoms with Gasteiger partial charge in [0, 0.05) is 15.6 Å². The van der Waals surface area contributed by atoms with Crippen molar-refractivity contribution in [1.29, 1.82) is 0 Å². The molecule has 3 aromatic carbocycles. The standard InChI is InChI=1S/C23H23ClN2O4S2/c1-31-22-5-3-4-19(14-22)25-23(27)16-30-21-12-10-20(11-13-21)26(32(2,28)29)15-17-6-8-18(24)9-7-17/h3-14H,15-16H2,1-2H3,(H,25,27). The number of ether oxygens (including phenoxy) is 1. The van der Waals surface area contributed by atoms with E-state index in [1.165, 1.54) is 4.31 Å². The predicted octanol–water partition coefficient (Wildman–Crippen LogP) is 5.05. The van der Waals surface area contributed by atoms with Gasteiger partial charge in [-0.25, -0.2) is 8.42 Å². The molecule has 32 heavy (non-hydrogen) atoms. The van der Waals surface area contributed by atoms with Crippen LogP contribution in [0.3, 0.4) is 0 Å². The minimum atomic E-state index is -3.51. The van der Waals surface area contributed by atoms with E-state index in [0.29, 0.717) is 22.1 Å². The molecule has 0 radical (unpaired) electrons. The van der Waals surface area contributed by atoms with Crippen molar-refractivity contribution in [3.63, 3.8) is 0 Å². The Hall–Kier alpha value is -2.68. The lowest BCUT2D eigenvalue weighted by atomic mass is 10.2. The summed E-state index contributed by atoms with van der Waals surface area (Å²) < 4.78 is 31.5. The van der Waals surface area contributed by atoms with Crippen LogP contribution in [0.25, 0.3) is 0 Å². The van der Waals surface area contributed by atoms with Crippen LogP contribution in [-0.2, 0) is 21.4 Å². The lowest BCUT2D eigenvalue weighted by molar-refractivity contribution is -0.118. The molecule has 0 saturated heterocycles. The Morgan fingerprint density at radius 1 is 1.06 bits per heavy atom. The van der Waals surface area contributed by atoms with Crippen molar-refractivity contribution < 1.29 is 17.9 Å². The molecule has 6 nitrogen and oxygen atoms in total. The van der Waals surface area contributed by atoms with E-state index in [-0.39, 0.29) is 19.1 Å². The highest BCUT2D eigenvalue weighted by Crippen LogP contribution is 2.24. The average Bonchev–Trinajstić information content (AvgIpc) is 2.77. The number of sulfonamides is 1. The summed E-state index contributed by atoms with van der Waals surface area (Å²) in [5, 5.41) is 3.38. The third kappa shape index (κ3) is 6.91. The summed E-state index contributed by atoms with van der Waals surface area (Å²) in [5.74, 6) is 0.175. The zero-order valence-electron chi connectivity index (χ0n) is 17.6. The second-order valence-corrected chi connectivity index (χ2v) is 10.2. The summed E-state index contributed by atoms with van der Waals surface area (Å²) in [5.41, 5.74) is 2.00. The summed E-state index contributed by atoms with van der Waals surface area (Å²) in [7, 11) is -3.51. The SMILES string of the molecule is CSc1cccc(NC(=O)COc2ccc(N(Cc3ccc(Cl)cc3)S(C)(=O)=O)cc2)c1. The molecule has 0 aliphatic rings. The molecule has 0 aliphatic heterocycles. The monoisotopic (exact) mass is 490 g/mol. The molecule has 0 heterocycles. The molecule has 0 bridgehead atoms. The van der Waals surface area contributed by atoms with Crippen molar-refractivity contribution in [2.45, 2.75) is 11.4 Å². The van der Waals surface area contributed by atoms with Gasteiger partial charge < -0.3 is 10.1 Å². The molecule has 1 amide bonds. The molecule has 1 N–H and O–H groups in total. The van der Waals surface area contributed by atoms with Crippen LogP contribution in [0.5, 0.6) is 5.75 Å². The van der Waals surface area contributed by atoms with Gasteiger partial charge in [-0.15, -0.1) is 11.8 Å². The Kier molecular flexibility index (Phi) is 8.06. The van der Waals surface area contributed by atoms with Crippen LogP contribution in [0.2, 0.25) is 5.02 Å². The van der Waals surface area contributed by atoms with E-state index in [9.17, 15) is 13.2 Å². The van der Waals surface area contributed by atoms with Crippen LogP contribution in [0.15, 0.2) is 77.7 Å². The summed E-state index contributed by atoms with van der Waals surface area (Å²) in [6.07, 6.45) is 3.12. The van der Waals surface area contributed by atoms with Gasteiger partial charge in [0.2, 0.25) is 10.0 Å². The zero-order valence-corrected chi connectivity index (χ0v) is 20.0. The first-order valence-corrected chi connectivity index (χ1v) is 13.1. The summed E-state index contributed by atoms with van der Waals surface area (Å²) in [6.45, 7) is 0.0110. The number of carbonyl (C=O) groups is 1. The largest absolute Gasteiger partial charge is 0.484 e. The van der Waals surface area contributed by atoms with Crippen molar-refractivity contribution in [2.24, 2.45) is 0 Å². The van der Waals surface area contributed by atoms with E-state index in [0.717, 1.165) is 16.7 Å². The fourth-order valence-electron chi connectivity index (χ4n) is 2.91. The first kappa shape index (κ1) is 24.0. The molecule has 168 valence electrons. The summed E-state index contributed by atoms with van der Waals surface area (Å²) in [6, 6.07) is 21.1. The number of halogens is 1. The van der Waals surface area contributed by atoms with E-state index in [1.54, 1.807) is 60.3 Å². The van der Waals surface area contributed by atoms with E-state index >= 15 is 0 Å². The minimum absolute atomic E-state index is 0.163. The van der Waals surface area contributed by atoms with Crippen LogP contribution < -0.4 is 14.4 Å². The van der Waals surface area contributed by atoms with Crippen LogP contribution >= 0.6 is 23.4 Å². The van der Waals surface area contributed by atoms with Gasteiger partial charge in [0.1, 0.15) is 5.75 Å². The molecule has 0 unspecified atom stereocenters. The van der Waals surface area contributed by atoms with Crippen LogP contribution in [0.4, 0.5) is 11.4 Å². The van der Waals surface area contributed by atoms with Gasteiger partial charge in [-0.1, -0.05) is 29.8 Å². The number of anilines is 2.